The SMILES string of the molecule is Cc1cc(C)c(C)c(Oc2nc(CNC(C)C)co2)c1. The Morgan fingerprint density at radius 2 is 2.00 bits per heavy atom. The minimum absolute atomic E-state index is 0.290. The number of nitrogens with one attached hydrogen (secondary N) is 1. The molecule has 4 heteroatoms. The third-order valence-electron chi connectivity index (χ3n) is 3.18. The van der Waals surface area contributed by atoms with Crippen LogP contribution in [0.5, 0.6) is 11.8 Å². The first-order valence-corrected chi connectivity index (χ1v) is 6.89. The van der Waals surface area contributed by atoms with E-state index in [1.165, 1.54) is 5.56 Å². The van der Waals surface area contributed by atoms with Gasteiger partial charge in [-0.3, -0.25) is 0 Å². The van der Waals surface area contributed by atoms with Gasteiger partial charge in [0.15, 0.2) is 0 Å². The molecule has 1 aromatic carbocycles. The van der Waals surface area contributed by atoms with E-state index < -0.39 is 0 Å². The monoisotopic (exact) mass is 274 g/mol. The van der Waals surface area contributed by atoms with E-state index in [1.807, 2.05) is 19.9 Å². The van der Waals surface area contributed by atoms with Gasteiger partial charge in [-0.05, 0) is 43.5 Å². The molecule has 0 atom stereocenters. The Morgan fingerprint density at radius 3 is 2.70 bits per heavy atom. The summed E-state index contributed by atoms with van der Waals surface area (Å²) < 4.78 is 11.1. The van der Waals surface area contributed by atoms with Crippen LogP contribution in [0.25, 0.3) is 0 Å². The van der Waals surface area contributed by atoms with Gasteiger partial charge in [0.05, 0.1) is 5.69 Å². The normalized spacial score (nSPS) is 11.1. The van der Waals surface area contributed by atoms with E-state index >= 15 is 0 Å². The van der Waals surface area contributed by atoms with Crippen LogP contribution in [0, 0.1) is 20.8 Å². The number of rotatable bonds is 5. The van der Waals surface area contributed by atoms with E-state index in [0.29, 0.717) is 18.7 Å². The van der Waals surface area contributed by atoms with Crippen molar-refractivity contribution in [3.63, 3.8) is 0 Å². The molecule has 0 spiro atoms. The second kappa shape index (κ2) is 6.09. The van der Waals surface area contributed by atoms with Crippen LogP contribution in [0.1, 0.15) is 36.2 Å². The highest BCUT2D eigenvalue weighted by Gasteiger charge is 2.10. The Kier molecular flexibility index (Phi) is 4.45. The lowest BCUT2D eigenvalue weighted by atomic mass is 10.1. The summed E-state index contributed by atoms with van der Waals surface area (Å²) in [7, 11) is 0. The van der Waals surface area contributed by atoms with Crippen molar-refractivity contribution in [2.75, 3.05) is 0 Å². The number of nitrogens with zero attached hydrogens (tertiary/aromatic N) is 1. The Hall–Kier alpha value is -1.81. The summed E-state index contributed by atoms with van der Waals surface area (Å²) in [6.07, 6.45) is 1.92. The summed E-state index contributed by atoms with van der Waals surface area (Å²) in [6, 6.07) is 4.55. The fourth-order valence-electron chi connectivity index (χ4n) is 1.93. The number of ether oxygens (including phenoxy) is 1. The van der Waals surface area contributed by atoms with Crippen LogP contribution in [0.4, 0.5) is 0 Å². The van der Waals surface area contributed by atoms with Gasteiger partial charge in [0.25, 0.3) is 0 Å². The van der Waals surface area contributed by atoms with E-state index in [9.17, 15) is 0 Å². The summed E-state index contributed by atoms with van der Waals surface area (Å²) in [4.78, 5) is 4.33. The van der Waals surface area contributed by atoms with Crippen molar-refractivity contribution in [2.45, 2.75) is 47.2 Å². The maximum atomic E-state index is 5.75. The van der Waals surface area contributed by atoms with Crippen molar-refractivity contribution in [1.82, 2.24) is 10.3 Å². The van der Waals surface area contributed by atoms with Gasteiger partial charge in [0, 0.05) is 12.6 Å². The lowest BCUT2D eigenvalue weighted by molar-refractivity contribution is 0.329. The lowest BCUT2D eigenvalue weighted by Gasteiger charge is -2.09. The fourth-order valence-corrected chi connectivity index (χ4v) is 1.93. The zero-order valence-electron chi connectivity index (χ0n) is 12.8. The highest BCUT2D eigenvalue weighted by atomic mass is 16.6. The van der Waals surface area contributed by atoms with Crippen LogP contribution in [-0.2, 0) is 6.54 Å². The largest absolute Gasteiger partial charge is 0.417 e. The maximum absolute atomic E-state index is 5.75. The summed E-state index contributed by atoms with van der Waals surface area (Å²) >= 11 is 0. The maximum Gasteiger partial charge on any atom is 0.399 e. The molecule has 0 aliphatic rings. The minimum atomic E-state index is 0.290. The van der Waals surface area contributed by atoms with Crippen molar-refractivity contribution in [2.24, 2.45) is 0 Å². The molecule has 0 aliphatic carbocycles. The molecule has 20 heavy (non-hydrogen) atoms. The van der Waals surface area contributed by atoms with Gasteiger partial charge in [0.1, 0.15) is 12.0 Å². The fraction of sp³-hybridized carbons (Fsp3) is 0.438. The number of oxazole rings is 1. The second-order valence-corrected chi connectivity index (χ2v) is 5.45. The third-order valence-corrected chi connectivity index (χ3v) is 3.18. The van der Waals surface area contributed by atoms with Crippen LogP contribution in [0.2, 0.25) is 0 Å². The van der Waals surface area contributed by atoms with Gasteiger partial charge in [-0.15, -0.1) is 0 Å². The van der Waals surface area contributed by atoms with Gasteiger partial charge in [-0.25, -0.2) is 0 Å². The summed E-state index contributed by atoms with van der Waals surface area (Å²) in [5, 5.41) is 3.29. The van der Waals surface area contributed by atoms with E-state index in [4.69, 9.17) is 9.15 Å². The van der Waals surface area contributed by atoms with E-state index in [-0.39, 0.29) is 0 Å². The summed E-state index contributed by atoms with van der Waals surface area (Å²) in [5.41, 5.74) is 4.32. The third kappa shape index (κ3) is 3.61. The highest BCUT2D eigenvalue weighted by Crippen LogP contribution is 2.28. The van der Waals surface area contributed by atoms with Crippen LogP contribution in [0.3, 0.4) is 0 Å². The molecule has 0 amide bonds. The zero-order valence-corrected chi connectivity index (χ0v) is 12.8. The van der Waals surface area contributed by atoms with Gasteiger partial charge < -0.3 is 14.5 Å². The predicted octanol–water partition coefficient (Wildman–Crippen LogP) is 3.89. The molecule has 2 rings (SSSR count). The molecule has 108 valence electrons. The predicted molar refractivity (Wildman–Crippen MR) is 79.2 cm³/mol. The number of benzene rings is 1. The average molecular weight is 274 g/mol. The van der Waals surface area contributed by atoms with Crippen LogP contribution in [-0.4, -0.2) is 11.0 Å². The molecule has 1 heterocycles. The molecule has 1 aromatic heterocycles. The first kappa shape index (κ1) is 14.6. The highest BCUT2D eigenvalue weighted by molar-refractivity contribution is 5.42. The Balaban J connectivity index is 2.11. The molecule has 0 fully saturated rings. The molecular formula is C16H22N2O2. The topological polar surface area (TPSA) is 47.3 Å². The molecule has 2 aromatic rings. The van der Waals surface area contributed by atoms with Crippen LogP contribution < -0.4 is 10.1 Å². The quantitative estimate of drug-likeness (QED) is 0.898. The van der Waals surface area contributed by atoms with Crippen molar-refractivity contribution >= 4 is 0 Å². The van der Waals surface area contributed by atoms with Crippen molar-refractivity contribution < 1.29 is 9.15 Å². The molecule has 0 bridgehead atoms. The average Bonchev–Trinajstić information content (AvgIpc) is 2.80. The van der Waals surface area contributed by atoms with Crippen LogP contribution >= 0.6 is 0 Å². The molecule has 0 saturated carbocycles. The molecular weight excluding hydrogens is 252 g/mol. The molecule has 0 radical (unpaired) electrons. The lowest BCUT2D eigenvalue weighted by Crippen LogP contribution is -2.21. The first-order valence-electron chi connectivity index (χ1n) is 6.89. The molecule has 0 unspecified atom stereocenters. The zero-order chi connectivity index (χ0) is 14.7. The summed E-state index contributed by atoms with van der Waals surface area (Å²) in [6.45, 7) is 11.0. The number of hydrogen-bond donors (Lipinski definition) is 1. The minimum Gasteiger partial charge on any atom is -0.417 e. The summed E-state index contributed by atoms with van der Waals surface area (Å²) in [5.74, 6) is 0.799. The number of hydrogen-bond acceptors (Lipinski definition) is 4. The van der Waals surface area contributed by atoms with Crippen molar-refractivity contribution in [3.8, 4) is 11.8 Å². The van der Waals surface area contributed by atoms with Gasteiger partial charge >= 0.3 is 6.08 Å². The first-order chi connectivity index (χ1) is 9.45. The molecule has 1 N–H and O–H groups in total. The van der Waals surface area contributed by atoms with Gasteiger partial charge in [-0.2, -0.15) is 4.98 Å². The van der Waals surface area contributed by atoms with Crippen molar-refractivity contribution in [1.29, 1.82) is 0 Å². The number of aryl methyl sites for hydroxylation is 2. The second-order valence-electron chi connectivity index (χ2n) is 5.45. The number of aromatic nitrogens is 1. The Morgan fingerprint density at radius 1 is 1.25 bits per heavy atom. The van der Waals surface area contributed by atoms with Crippen molar-refractivity contribution in [3.05, 3.63) is 40.8 Å². The Bertz CT molecular complexity index is 588. The molecule has 4 nitrogen and oxygen atoms in total. The van der Waals surface area contributed by atoms with Crippen LogP contribution in [0.15, 0.2) is 22.8 Å². The van der Waals surface area contributed by atoms with E-state index in [1.54, 1.807) is 6.26 Å². The smallest absolute Gasteiger partial charge is 0.399 e. The molecule has 0 aliphatic heterocycles. The van der Waals surface area contributed by atoms with E-state index in [2.05, 4.69) is 37.1 Å². The van der Waals surface area contributed by atoms with Gasteiger partial charge in [-0.1, -0.05) is 19.9 Å². The molecule has 0 saturated heterocycles. The van der Waals surface area contributed by atoms with E-state index in [0.717, 1.165) is 22.6 Å². The Labute approximate surface area is 120 Å². The standard InChI is InChI=1S/C16H22N2O2/c1-10(2)17-8-14-9-19-16(18-14)20-15-7-11(3)6-12(4)13(15)5/h6-7,9-10,17H,8H2,1-5H3. The van der Waals surface area contributed by atoms with Gasteiger partial charge in [0.2, 0.25) is 0 Å².